The number of anilines is 1. The molecule has 0 aliphatic carbocycles. The lowest BCUT2D eigenvalue weighted by Gasteiger charge is -2.31. The summed E-state index contributed by atoms with van der Waals surface area (Å²) in [5, 5.41) is 3.03. The van der Waals surface area contributed by atoms with Gasteiger partial charge in [-0.25, -0.2) is 4.98 Å². The number of amides is 1. The van der Waals surface area contributed by atoms with Crippen molar-refractivity contribution in [2.75, 3.05) is 25.0 Å². The summed E-state index contributed by atoms with van der Waals surface area (Å²) in [6, 6.07) is 8.27. The van der Waals surface area contributed by atoms with Crippen LogP contribution in [0.25, 0.3) is 0 Å². The van der Waals surface area contributed by atoms with Crippen LogP contribution < -0.4 is 5.32 Å². The Morgan fingerprint density at radius 2 is 1.96 bits per heavy atom. The van der Waals surface area contributed by atoms with Crippen LogP contribution in [0.1, 0.15) is 44.0 Å². The van der Waals surface area contributed by atoms with Crippen LogP contribution in [0, 0.1) is 12.8 Å². The molecule has 27 heavy (non-hydrogen) atoms. The molecular formula is C22H32N4O. The molecule has 1 aromatic carbocycles. The normalized spacial score (nSPS) is 15.8. The van der Waals surface area contributed by atoms with E-state index in [1.165, 1.54) is 18.4 Å². The fraction of sp³-hybridized carbons (Fsp3) is 0.545. The van der Waals surface area contributed by atoms with Crippen molar-refractivity contribution in [3.8, 4) is 0 Å². The standard InChI is InChI=1S/C22H32N4O/c1-3-4-5-19-6-8-21(9-7-19)24-22(27)17-25-13-10-20(11-14-25)16-26-15-12-23-18(26)2/h6-9,12,15,20H,3-5,10-11,13-14,16-17H2,1-2H3,(H,24,27). The molecule has 1 N–H and O–H groups in total. The van der Waals surface area contributed by atoms with Gasteiger partial charge in [-0.15, -0.1) is 0 Å². The molecule has 1 fully saturated rings. The lowest BCUT2D eigenvalue weighted by atomic mass is 9.96. The van der Waals surface area contributed by atoms with E-state index in [0.717, 1.165) is 50.4 Å². The number of aryl methyl sites for hydroxylation is 2. The molecule has 2 heterocycles. The molecule has 0 saturated carbocycles. The first-order valence-corrected chi connectivity index (χ1v) is 10.2. The molecule has 0 atom stereocenters. The van der Waals surface area contributed by atoms with Crippen LogP contribution in [0.15, 0.2) is 36.7 Å². The summed E-state index contributed by atoms with van der Waals surface area (Å²) < 4.78 is 2.23. The minimum atomic E-state index is 0.0835. The van der Waals surface area contributed by atoms with Crippen LogP contribution in [-0.2, 0) is 17.8 Å². The van der Waals surface area contributed by atoms with E-state index in [0.29, 0.717) is 12.5 Å². The zero-order valence-corrected chi connectivity index (χ0v) is 16.7. The van der Waals surface area contributed by atoms with E-state index in [1.807, 2.05) is 18.3 Å². The lowest BCUT2D eigenvalue weighted by Crippen LogP contribution is -2.40. The van der Waals surface area contributed by atoms with Crippen molar-refractivity contribution < 1.29 is 4.79 Å². The smallest absolute Gasteiger partial charge is 0.238 e. The fourth-order valence-electron chi connectivity index (χ4n) is 3.74. The molecule has 5 heteroatoms. The molecule has 0 spiro atoms. The van der Waals surface area contributed by atoms with Crippen molar-refractivity contribution in [1.29, 1.82) is 0 Å². The van der Waals surface area contributed by atoms with Gasteiger partial charge in [-0.3, -0.25) is 9.69 Å². The molecule has 1 aliphatic rings. The highest BCUT2D eigenvalue weighted by atomic mass is 16.2. The Morgan fingerprint density at radius 3 is 2.59 bits per heavy atom. The van der Waals surface area contributed by atoms with Crippen molar-refractivity contribution >= 4 is 11.6 Å². The first-order chi connectivity index (χ1) is 13.1. The highest BCUT2D eigenvalue weighted by Gasteiger charge is 2.21. The van der Waals surface area contributed by atoms with Crippen LogP contribution >= 0.6 is 0 Å². The van der Waals surface area contributed by atoms with Gasteiger partial charge in [0.1, 0.15) is 5.82 Å². The number of rotatable bonds is 8. The van der Waals surface area contributed by atoms with Gasteiger partial charge in [-0.05, 0) is 69.3 Å². The number of hydrogen-bond donors (Lipinski definition) is 1. The van der Waals surface area contributed by atoms with Crippen LogP contribution in [0.2, 0.25) is 0 Å². The number of carbonyl (C=O) groups is 1. The van der Waals surface area contributed by atoms with Gasteiger partial charge in [-0.1, -0.05) is 25.5 Å². The molecule has 1 saturated heterocycles. The zero-order chi connectivity index (χ0) is 19.1. The first-order valence-electron chi connectivity index (χ1n) is 10.2. The van der Waals surface area contributed by atoms with Crippen LogP contribution in [0.5, 0.6) is 0 Å². The number of imidazole rings is 1. The Kier molecular flexibility index (Phi) is 7.04. The summed E-state index contributed by atoms with van der Waals surface area (Å²) >= 11 is 0. The predicted octanol–water partition coefficient (Wildman–Crippen LogP) is 3.88. The Morgan fingerprint density at radius 1 is 1.22 bits per heavy atom. The monoisotopic (exact) mass is 368 g/mol. The molecule has 5 nitrogen and oxygen atoms in total. The van der Waals surface area contributed by atoms with E-state index < -0.39 is 0 Å². The van der Waals surface area contributed by atoms with Crippen molar-refractivity contribution in [1.82, 2.24) is 14.5 Å². The molecule has 1 amide bonds. The number of nitrogens with zero attached hydrogens (tertiary/aromatic N) is 3. The number of carbonyl (C=O) groups excluding carboxylic acids is 1. The van der Waals surface area contributed by atoms with Crippen molar-refractivity contribution in [2.24, 2.45) is 5.92 Å². The van der Waals surface area contributed by atoms with Gasteiger partial charge >= 0.3 is 0 Å². The van der Waals surface area contributed by atoms with Gasteiger partial charge in [0.15, 0.2) is 0 Å². The maximum atomic E-state index is 12.4. The molecule has 3 rings (SSSR count). The molecular weight excluding hydrogens is 336 g/mol. The summed E-state index contributed by atoms with van der Waals surface area (Å²) in [5.74, 6) is 1.84. The summed E-state index contributed by atoms with van der Waals surface area (Å²) in [6.45, 7) is 7.75. The van der Waals surface area contributed by atoms with Crippen LogP contribution in [0.3, 0.4) is 0 Å². The molecule has 146 valence electrons. The first kappa shape index (κ1) is 19.6. The fourth-order valence-corrected chi connectivity index (χ4v) is 3.74. The van der Waals surface area contributed by atoms with Crippen molar-refractivity contribution in [3.63, 3.8) is 0 Å². The van der Waals surface area contributed by atoms with Crippen molar-refractivity contribution in [3.05, 3.63) is 48.0 Å². The molecule has 1 aromatic heterocycles. The maximum Gasteiger partial charge on any atom is 0.238 e. The minimum absolute atomic E-state index is 0.0835. The third-order valence-corrected chi connectivity index (χ3v) is 5.51. The van der Waals surface area contributed by atoms with Gasteiger partial charge in [0.05, 0.1) is 6.54 Å². The summed E-state index contributed by atoms with van der Waals surface area (Å²) in [5.41, 5.74) is 2.23. The third-order valence-electron chi connectivity index (χ3n) is 5.51. The lowest BCUT2D eigenvalue weighted by molar-refractivity contribution is -0.117. The van der Waals surface area contributed by atoms with Gasteiger partial charge in [0, 0.05) is 24.6 Å². The number of hydrogen-bond acceptors (Lipinski definition) is 3. The highest BCUT2D eigenvalue weighted by molar-refractivity contribution is 5.92. The Labute approximate surface area is 162 Å². The molecule has 0 unspecified atom stereocenters. The van der Waals surface area contributed by atoms with E-state index in [9.17, 15) is 4.79 Å². The number of aromatic nitrogens is 2. The van der Waals surface area contributed by atoms with E-state index in [4.69, 9.17) is 0 Å². The molecule has 0 bridgehead atoms. The number of benzene rings is 1. The zero-order valence-electron chi connectivity index (χ0n) is 16.7. The predicted molar refractivity (Wildman–Crippen MR) is 110 cm³/mol. The summed E-state index contributed by atoms with van der Waals surface area (Å²) in [4.78, 5) is 18.9. The number of unbranched alkanes of at least 4 members (excludes halogenated alkanes) is 1. The second kappa shape index (κ2) is 9.70. The maximum absolute atomic E-state index is 12.4. The van der Waals surface area contributed by atoms with E-state index >= 15 is 0 Å². The van der Waals surface area contributed by atoms with Crippen LogP contribution in [-0.4, -0.2) is 40.0 Å². The summed E-state index contributed by atoms with van der Waals surface area (Å²) in [6.07, 6.45) is 9.72. The number of likely N-dealkylation sites (tertiary alicyclic amines) is 1. The van der Waals surface area contributed by atoms with Gasteiger partial charge < -0.3 is 9.88 Å². The second-order valence-electron chi connectivity index (χ2n) is 7.69. The number of nitrogens with one attached hydrogen (secondary N) is 1. The van der Waals surface area contributed by atoms with E-state index in [2.05, 4.69) is 51.9 Å². The topological polar surface area (TPSA) is 50.2 Å². The molecule has 2 aromatic rings. The summed E-state index contributed by atoms with van der Waals surface area (Å²) in [7, 11) is 0. The largest absolute Gasteiger partial charge is 0.335 e. The van der Waals surface area contributed by atoms with Gasteiger partial charge in [-0.2, -0.15) is 0 Å². The average Bonchev–Trinajstić information content (AvgIpc) is 3.07. The Balaban J connectivity index is 1.39. The number of piperidine rings is 1. The third kappa shape index (κ3) is 5.93. The van der Waals surface area contributed by atoms with E-state index in [-0.39, 0.29) is 5.91 Å². The minimum Gasteiger partial charge on any atom is -0.335 e. The second-order valence-corrected chi connectivity index (χ2v) is 7.69. The molecule has 1 aliphatic heterocycles. The van der Waals surface area contributed by atoms with Crippen LogP contribution in [0.4, 0.5) is 5.69 Å². The van der Waals surface area contributed by atoms with Crippen molar-refractivity contribution in [2.45, 2.75) is 52.5 Å². The quantitative estimate of drug-likeness (QED) is 0.769. The Bertz CT molecular complexity index is 714. The highest BCUT2D eigenvalue weighted by Crippen LogP contribution is 2.20. The Hall–Kier alpha value is -2.14. The van der Waals surface area contributed by atoms with E-state index in [1.54, 1.807) is 0 Å². The van der Waals surface area contributed by atoms with Gasteiger partial charge in [0.25, 0.3) is 0 Å². The SMILES string of the molecule is CCCCc1ccc(NC(=O)CN2CCC(Cn3ccnc3C)CC2)cc1. The molecule has 0 radical (unpaired) electrons. The average molecular weight is 369 g/mol. The van der Waals surface area contributed by atoms with Gasteiger partial charge in [0.2, 0.25) is 5.91 Å².